The second-order valence-corrected chi connectivity index (χ2v) is 5.38. The number of nitrogens with one attached hydrogen (secondary N) is 1. The van der Waals surface area contributed by atoms with Gasteiger partial charge in [-0.3, -0.25) is 4.68 Å². The Morgan fingerprint density at radius 3 is 2.91 bits per heavy atom. The highest BCUT2D eigenvalue weighted by Crippen LogP contribution is 2.32. The van der Waals surface area contributed by atoms with Crippen molar-refractivity contribution >= 4 is 0 Å². The molecule has 1 N–H and O–H groups in total. The number of benzene rings is 1. The van der Waals surface area contributed by atoms with Crippen molar-refractivity contribution in [3.05, 3.63) is 42.2 Å². The molecule has 118 valence electrons. The zero-order valence-corrected chi connectivity index (χ0v) is 11.8. The molecule has 1 saturated heterocycles. The van der Waals surface area contributed by atoms with Crippen LogP contribution in [0.1, 0.15) is 12.0 Å². The lowest BCUT2D eigenvalue weighted by molar-refractivity contribution is -0.137. The number of hydrogen-bond donors (Lipinski definition) is 1. The summed E-state index contributed by atoms with van der Waals surface area (Å²) in [6.45, 7) is 2.75. The zero-order chi connectivity index (χ0) is 15.6. The van der Waals surface area contributed by atoms with Crippen LogP contribution in [0.3, 0.4) is 0 Å². The maximum Gasteiger partial charge on any atom is 0.416 e. The molecular weight excluding hydrogens is 295 g/mol. The monoisotopic (exact) mass is 311 g/mol. The molecule has 1 atom stereocenters. The van der Waals surface area contributed by atoms with Crippen LogP contribution < -0.4 is 10.1 Å². The third kappa shape index (κ3) is 3.59. The number of hydrogen-bond acceptors (Lipinski definition) is 3. The van der Waals surface area contributed by atoms with E-state index < -0.39 is 11.7 Å². The largest absolute Gasteiger partial charge is 0.454 e. The average molecular weight is 311 g/mol. The first-order chi connectivity index (χ1) is 10.5. The van der Waals surface area contributed by atoms with Crippen LogP contribution in [0.2, 0.25) is 0 Å². The lowest BCUT2D eigenvalue weighted by Crippen LogP contribution is -2.14. The SMILES string of the molecule is FC(F)(F)c1cccc(Oc2cnn(CC3CCNC3)c2)c1. The molecule has 0 saturated carbocycles. The van der Waals surface area contributed by atoms with Gasteiger partial charge >= 0.3 is 6.18 Å². The van der Waals surface area contributed by atoms with E-state index in [-0.39, 0.29) is 5.75 Å². The summed E-state index contributed by atoms with van der Waals surface area (Å²) in [5, 5.41) is 7.47. The Balaban J connectivity index is 1.67. The predicted molar refractivity (Wildman–Crippen MR) is 74.7 cm³/mol. The molecule has 1 aliphatic heterocycles. The number of alkyl halides is 3. The van der Waals surface area contributed by atoms with Gasteiger partial charge in [0.1, 0.15) is 5.75 Å². The molecule has 22 heavy (non-hydrogen) atoms. The third-order valence-electron chi connectivity index (χ3n) is 3.61. The molecule has 0 bridgehead atoms. The number of nitrogens with zero attached hydrogens (tertiary/aromatic N) is 2. The Hall–Kier alpha value is -2.02. The van der Waals surface area contributed by atoms with E-state index in [4.69, 9.17) is 4.74 Å². The highest BCUT2D eigenvalue weighted by Gasteiger charge is 2.30. The van der Waals surface area contributed by atoms with Gasteiger partial charge in [-0.25, -0.2) is 0 Å². The lowest BCUT2D eigenvalue weighted by atomic mass is 10.1. The highest BCUT2D eigenvalue weighted by molar-refractivity contribution is 5.33. The molecule has 4 nitrogen and oxygen atoms in total. The van der Waals surface area contributed by atoms with Crippen molar-refractivity contribution in [1.82, 2.24) is 15.1 Å². The Morgan fingerprint density at radius 1 is 1.32 bits per heavy atom. The van der Waals surface area contributed by atoms with Crippen LogP contribution in [0.5, 0.6) is 11.5 Å². The molecule has 0 amide bonds. The van der Waals surface area contributed by atoms with Gasteiger partial charge in [0.25, 0.3) is 0 Å². The van der Waals surface area contributed by atoms with Gasteiger partial charge in [0.2, 0.25) is 0 Å². The van der Waals surface area contributed by atoms with Crippen molar-refractivity contribution < 1.29 is 17.9 Å². The quantitative estimate of drug-likeness (QED) is 0.941. The fourth-order valence-corrected chi connectivity index (χ4v) is 2.50. The van der Waals surface area contributed by atoms with Gasteiger partial charge in [-0.15, -0.1) is 0 Å². The first-order valence-corrected chi connectivity index (χ1v) is 7.09. The summed E-state index contributed by atoms with van der Waals surface area (Å²) in [6.07, 6.45) is -0.0517. The van der Waals surface area contributed by atoms with Crippen LogP contribution in [0.15, 0.2) is 36.7 Å². The molecule has 0 radical (unpaired) electrons. The van der Waals surface area contributed by atoms with Gasteiger partial charge in [0.05, 0.1) is 18.0 Å². The first-order valence-electron chi connectivity index (χ1n) is 7.09. The van der Waals surface area contributed by atoms with Gasteiger partial charge < -0.3 is 10.1 Å². The summed E-state index contributed by atoms with van der Waals surface area (Å²) in [7, 11) is 0. The molecule has 1 aliphatic rings. The Labute approximate surface area is 125 Å². The number of aromatic nitrogens is 2. The van der Waals surface area contributed by atoms with Crippen LogP contribution in [0, 0.1) is 5.92 Å². The van der Waals surface area contributed by atoms with Crippen LogP contribution in [0.25, 0.3) is 0 Å². The standard InChI is InChI=1S/C15H16F3N3O/c16-15(17,18)12-2-1-3-13(6-12)22-14-8-20-21(10-14)9-11-4-5-19-7-11/h1-3,6,8,10-11,19H,4-5,7,9H2. The number of rotatable bonds is 4. The summed E-state index contributed by atoms with van der Waals surface area (Å²) in [6, 6.07) is 4.82. The molecule has 2 aromatic rings. The minimum Gasteiger partial charge on any atom is -0.454 e. The summed E-state index contributed by atoms with van der Waals surface area (Å²) in [5.74, 6) is 1.11. The molecule has 1 aromatic carbocycles. The zero-order valence-electron chi connectivity index (χ0n) is 11.8. The van der Waals surface area contributed by atoms with Crippen LogP contribution >= 0.6 is 0 Å². The predicted octanol–water partition coefficient (Wildman–Crippen LogP) is 3.30. The van der Waals surface area contributed by atoms with E-state index in [9.17, 15) is 13.2 Å². The molecular formula is C15H16F3N3O. The summed E-state index contributed by atoms with van der Waals surface area (Å²) in [4.78, 5) is 0. The number of halogens is 3. The van der Waals surface area contributed by atoms with Gasteiger partial charge in [-0.2, -0.15) is 18.3 Å². The van der Waals surface area contributed by atoms with Crippen LogP contribution in [0.4, 0.5) is 13.2 Å². The van der Waals surface area contributed by atoms with Gasteiger partial charge in [-0.1, -0.05) is 6.07 Å². The van der Waals surface area contributed by atoms with E-state index in [1.54, 1.807) is 10.9 Å². The lowest BCUT2D eigenvalue weighted by Gasteiger charge is -2.09. The normalized spacial score (nSPS) is 18.6. The summed E-state index contributed by atoms with van der Waals surface area (Å²) < 4.78 is 45.2. The van der Waals surface area contributed by atoms with Crippen molar-refractivity contribution in [3.63, 3.8) is 0 Å². The van der Waals surface area contributed by atoms with Crippen molar-refractivity contribution in [2.75, 3.05) is 13.1 Å². The smallest absolute Gasteiger partial charge is 0.416 e. The minimum atomic E-state index is -4.38. The molecule has 0 spiro atoms. The average Bonchev–Trinajstić information content (AvgIpc) is 3.11. The van der Waals surface area contributed by atoms with Gasteiger partial charge in [0.15, 0.2) is 5.75 Å². The second kappa shape index (κ2) is 6.00. The van der Waals surface area contributed by atoms with Crippen LogP contribution in [-0.4, -0.2) is 22.9 Å². The van der Waals surface area contributed by atoms with E-state index in [0.29, 0.717) is 11.7 Å². The summed E-state index contributed by atoms with van der Waals surface area (Å²) >= 11 is 0. The Bertz CT molecular complexity index is 633. The minimum absolute atomic E-state index is 0.150. The topological polar surface area (TPSA) is 39.1 Å². The molecule has 2 heterocycles. The van der Waals surface area contributed by atoms with Crippen molar-refractivity contribution in [2.45, 2.75) is 19.1 Å². The number of ether oxygens (including phenoxy) is 1. The van der Waals surface area contributed by atoms with E-state index in [1.807, 2.05) is 0 Å². The fourth-order valence-electron chi connectivity index (χ4n) is 2.50. The van der Waals surface area contributed by atoms with Crippen molar-refractivity contribution in [1.29, 1.82) is 0 Å². The third-order valence-corrected chi connectivity index (χ3v) is 3.61. The molecule has 1 fully saturated rings. The van der Waals surface area contributed by atoms with Crippen molar-refractivity contribution in [3.8, 4) is 11.5 Å². The Kier molecular flexibility index (Phi) is 4.06. The van der Waals surface area contributed by atoms with Crippen LogP contribution in [-0.2, 0) is 12.7 Å². The maximum atomic E-state index is 12.7. The summed E-state index contributed by atoms with van der Waals surface area (Å²) in [5.41, 5.74) is -0.727. The molecule has 7 heteroatoms. The fraction of sp³-hybridized carbons (Fsp3) is 0.400. The van der Waals surface area contributed by atoms with E-state index in [1.165, 1.54) is 18.3 Å². The second-order valence-electron chi connectivity index (χ2n) is 5.38. The molecule has 3 rings (SSSR count). The van der Waals surface area contributed by atoms with Gasteiger partial charge in [0, 0.05) is 6.54 Å². The maximum absolute atomic E-state index is 12.7. The van der Waals surface area contributed by atoms with Crippen molar-refractivity contribution in [2.24, 2.45) is 5.92 Å². The molecule has 1 aromatic heterocycles. The Morgan fingerprint density at radius 2 is 2.18 bits per heavy atom. The van der Waals surface area contributed by atoms with E-state index >= 15 is 0 Å². The highest BCUT2D eigenvalue weighted by atomic mass is 19.4. The first kappa shape index (κ1) is 14.9. The van der Waals surface area contributed by atoms with Gasteiger partial charge in [-0.05, 0) is 43.6 Å². The van der Waals surface area contributed by atoms with E-state index in [0.717, 1.165) is 38.2 Å². The molecule has 0 aliphatic carbocycles. The molecule has 1 unspecified atom stereocenters. The van der Waals surface area contributed by atoms with E-state index in [2.05, 4.69) is 10.4 Å².